The minimum absolute atomic E-state index is 0.106. The maximum absolute atomic E-state index is 11.7. The molecule has 0 amide bonds. The summed E-state index contributed by atoms with van der Waals surface area (Å²) in [4.78, 5) is 33.6. The van der Waals surface area contributed by atoms with E-state index in [-0.39, 0.29) is 28.8 Å². The van der Waals surface area contributed by atoms with Gasteiger partial charge >= 0.3 is 17.3 Å². The molecule has 0 atom stereocenters. The molecule has 2 aromatic rings. The fourth-order valence-corrected chi connectivity index (χ4v) is 2.13. The van der Waals surface area contributed by atoms with Crippen LogP contribution in [-0.2, 0) is 4.74 Å². The average molecular weight is 342 g/mol. The Bertz CT molecular complexity index is 766. The summed E-state index contributed by atoms with van der Waals surface area (Å²) in [6.07, 6.45) is 0. The van der Waals surface area contributed by atoms with Crippen LogP contribution in [-0.4, -0.2) is 17.5 Å². The van der Waals surface area contributed by atoms with E-state index in [1.807, 2.05) is 0 Å². The molecule has 0 fully saturated rings. The van der Waals surface area contributed by atoms with Gasteiger partial charge in [0.2, 0.25) is 5.58 Å². The number of nitrogens with zero attached hydrogens (tertiary/aromatic N) is 1. The second kappa shape index (κ2) is 5.41. The molecule has 0 spiro atoms. The first-order valence-electron chi connectivity index (χ1n) is 5.53. The Balaban J connectivity index is 2.75. The number of ether oxygens (including phenoxy) is 1. The second-order valence-electron chi connectivity index (χ2n) is 3.77. The first kappa shape index (κ1) is 14.2. The van der Waals surface area contributed by atoms with Gasteiger partial charge < -0.3 is 9.15 Å². The number of esters is 1. The van der Waals surface area contributed by atoms with Gasteiger partial charge in [-0.3, -0.25) is 10.1 Å². The van der Waals surface area contributed by atoms with Crippen LogP contribution >= 0.6 is 15.9 Å². The number of fused-ring (bicyclic) bond motifs is 1. The lowest BCUT2D eigenvalue weighted by Gasteiger charge is -2.03. The highest BCUT2D eigenvalue weighted by Crippen LogP contribution is 2.29. The number of nitro groups is 1. The van der Waals surface area contributed by atoms with Gasteiger partial charge in [-0.2, -0.15) is 0 Å². The predicted molar refractivity (Wildman–Crippen MR) is 72.8 cm³/mol. The van der Waals surface area contributed by atoms with E-state index in [1.54, 1.807) is 6.92 Å². The van der Waals surface area contributed by atoms with Crippen molar-refractivity contribution in [2.75, 3.05) is 6.61 Å². The summed E-state index contributed by atoms with van der Waals surface area (Å²) in [7, 11) is 0. The zero-order valence-electron chi connectivity index (χ0n) is 10.2. The highest BCUT2D eigenvalue weighted by molar-refractivity contribution is 9.10. The van der Waals surface area contributed by atoms with Crippen molar-refractivity contribution in [3.63, 3.8) is 0 Å². The minimum atomic E-state index is -0.971. The van der Waals surface area contributed by atoms with E-state index in [1.165, 1.54) is 18.2 Å². The van der Waals surface area contributed by atoms with Crippen LogP contribution in [0.2, 0.25) is 0 Å². The van der Waals surface area contributed by atoms with E-state index in [9.17, 15) is 19.7 Å². The molecule has 0 saturated carbocycles. The predicted octanol–water partition coefficient (Wildman–Crippen LogP) is 2.64. The SMILES string of the molecule is CCOC(=O)c1cc2cc(Br)cc([N+](=O)[O-])c2oc1=O. The Hall–Kier alpha value is -2.22. The van der Waals surface area contributed by atoms with E-state index in [0.29, 0.717) is 4.47 Å². The third-order valence-corrected chi connectivity index (χ3v) is 2.93. The molecule has 0 bridgehead atoms. The zero-order valence-corrected chi connectivity index (χ0v) is 11.8. The molecular formula is C12H8BrNO6. The monoisotopic (exact) mass is 341 g/mol. The van der Waals surface area contributed by atoms with Crippen molar-refractivity contribution >= 4 is 38.6 Å². The Morgan fingerprint density at radius 3 is 2.75 bits per heavy atom. The first-order chi connectivity index (χ1) is 9.43. The van der Waals surface area contributed by atoms with Gasteiger partial charge in [-0.15, -0.1) is 0 Å². The standard InChI is InChI=1S/C12H8BrNO6/c1-2-19-11(15)8-4-6-3-7(13)5-9(14(17)18)10(6)20-12(8)16/h3-5H,2H2,1H3. The molecular weight excluding hydrogens is 334 g/mol. The van der Waals surface area contributed by atoms with Gasteiger partial charge in [0.05, 0.1) is 11.5 Å². The van der Waals surface area contributed by atoms with Crippen LogP contribution in [0, 0.1) is 10.1 Å². The molecule has 20 heavy (non-hydrogen) atoms. The molecule has 0 aliphatic heterocycles. The van der Waals surface area contributed by atoms with Crippen LogP contribution in [0.25, 0.3) is 11.0 Å². The van der Waals surface area contributed by atoms with Crippen LogP contribution in [0.5, 0.6) is 0 Å². The van der Waals surface area contributed by atoms with Crippen molar-refractivity contribution in [2.45, 2.75) is 6.92 Å². The second-order valence-corrected chi connectivity index (χ2v) is 4.68. The molecule has 1 aromatic carbocycles. The molecule has 0 radical (unpaired) electrons. The van der Waals surface area contributed by atoms with Crippen molar-refractivity contribution in [2.24, 2.45) is 0 Å². The largest absolute Gasteiger partial charge is 0.462 e. The Morgan fingerprint density at radius 1 is 1.45 bits per heavy atom. The molecule has 0 N–H and O–H groups in total. The highest BCUT2D eigenvalue weighted by atomic mass is 79.9. The molecule has 2 rings (SSSR count). The molecule has 1 heterocycles. The number of rotatable bonds is 3. The Labute approximate surface area is 120 Å². The van der Waals surface area contributed by atoms with E-state index in [4.69, 9.17) is 9.15 Å². The van der Waals surface area contributed by atoms with Crippen molar-refractivity contribution in [3.05, 3.63) is 48.8 Å². The van der Waals surface area contributed by atoms with Crippen LogP contribution in [0.4, 0.5) is 5.69 Å². The number of halogens is 1. The maximum Gasteiger partial charge on any atom is 0.351 e. The topological polar surface area (TPSA) is 99.7 Å². The van der Waals surface area contributed by atoms with Crippen LogP contribution in [0.3, 0.4) is 0 Å². The maximum atomic E-state index is 11.7. The molecule has 104 valence electrons. The third kappa shape index (κ3) is 2.55. The van der Waals surface area contributed by atoms with Crippen molar-refractivity contribution < 1.29 is 18.9 Å². The first-order valence-corrected chi connectivity index (χ1v) is 6.32. The summed E-state index contributed by atoms with van der Waals surface area (Å²) in [5, 5.41) is 11.2. The summed E-state index contributed by atoms with van der Waals surface area (Å²) < 4.78 is 10.0. The van der Waals surface area contributed by atoms with Crippen LogP contribution < -0.4 is 5.63 Å². The molecule has 0 aliphatic carbocycles. The van der Waals surface area contributed by atoms with E-state index in [2.05, 4.69) is 15.9 Å². The lowest BCUT2D eigenvalue weighted by Crippen LogP contribution is -2.16. The smallest absolute Gasteiger partial charge is 0.351 e. The number of non-ortho nitro benzene ring substituents is 1. The van der Waals surface area contributed by atoms with Crippen LogP contribution in [0.1, 0.15) is 17.3 Å². The summed E-state index contributed by atoms with van der Waals surface area (Å²) in [5.41, 5.74) is -1.81. The van der Waals surface area contributed by atoms with Gasteiger partial charge in [-0.05, 0) is 19.1 Å². The number of carbonyl (C=O) groups is 1. The lowest BCUT2D eigenvalue weighted by atomic mass is 10.1. The molecule has 0 aliphatic rings. The van der Waals surface area contributed by atoms with Gasteiger partial charge in [0.1, 0.15) is 5.56 Å². The molecule has 0 saturated heterocycles. The molecule has 8 heteroatoms. The normalized spacial score (nSPS) is 10.5. The van der Waals surface area contributed by atoms with Gasteiger partial charge in [0.15, 0.2) is 0 Å². The van der Waals surface area contributed by atoms with Crippen molar-refractivity contribution in [1.29, 1.82) is 0 Å². The van der Waals surface area contributed by atoms with Gasteiger partial charge in [0, 0.05) is 15.9 Å². The quantitative estimate of drug-likeness (QED) is 0.368. The van der Waals surface area contributed by atoms with Gasteiger partial charge in [-0.25, -0.2) is 9.59 Å². The van der Waals surface area contributed by atoms with E-state index >= 15 is 0 Å². The average Bonchev–Trinajstić information content (AvgIpc) is 2.37. The zero-order chi connectivity index (χ0) is 14.9. The molecule has 7 nitrogen and oxygen atoms in total. The Morgan fingerprint density at radius 2 is 2.15 bits per heavy atom. The summed E-state index contributed by atoms with van der Waals surface area (Å²) in [6, 6.07) is 3.94. The highest BCUT2D eigenvalue weighted by Gasteiger charge is 2.21. The fourth-order valence-electron chi connectivity index (χ4n) is 1.67. The van der Waals surface area contributed by atoms with Gasteiger partial charge in [-0.1, -0.05) is 15.9 Å². The minimum Gasteiger partial charge on any atom is -0.462 e. The fraction of sp³-hybridized carbons (Fsp3) is 0.167. The van der Waals surface area contributed by atoms with Gasteiger partial charge in [0.25, 0.3) is 0 Å². The van der Waals surface area contributed by atoms with E-state index < -0.39 is 16.5 Å². The Kier molecular flexibility index (Phi) is 3.84. The lowest BCUT2D eigenvalue weighted by molar-refractivity contribution is -0.383. The number of hydrogen-bond acceptors (Lipinski definition) is 6. The number of nitro benzene ring substituents is 1. The molecule has 0 unspecified atom stereocenters. The number of carbonyl (C=O) groups excluding carboxylic acids is 1. The number of benzene rings is 1. The van der Waals surface area contributed by atoms with Crippen LogP contribution in [0.15, 0.2) is 31.9 Å². The van der Waals surface area contributed by atoms with E-state index in [0.717, 1.165) is 0 Å². The summed E-state index contributed by atoms with van der Waals surface area (Å²) in [5.74, 6) is -0.828. The number of hydrogen-bond donors (Lipinski definition) is 0. The third-order valence-electron chi connectivity index (χ3n) is 2.47. The summed E-state index contributed by atoms with van der Waals surface area (Å²) in [6.45, 7) is 1.71. The van der Waals surface area contributed by atoms with Crippen molar-refractivity contribution in [1.82, 2.24) is 0 Å². The molecule has 1 aromatic heterocycles. The summed E-state index contributed by atoms with van der Waals surface area (Å²) >= 11 is 3.12. The van der Waals surface area contributed by atoms with Crippen molar-refractivity contribution in [3.8, 4) is 0 Å².